The molecule has 0 saturated carbocycles. The summed E-state index contributed by atoms with van der Waals surface area (Å²) in [7, 11) is 0. The second-order valence-corrected chi connectivity index (χ2v) is 7.10. The molecule has 0 radical (unpaired) electrons. The molecule has 0 aliphatic carbocycles. The molecule has 4 nitrogen and oxygen atoms in total. The summed E-state index contributed by atoms with van der Waals surface area (Å²) < 4.78 is 49.6. The van der Waals surface area contributed by atoms with Gasteiger partial charge in [0.2, 0.25) is 0 Å². The Morgan fingerprint density at radius 1 is 1.00 bits per heavy atom. The lowest BCUT2D eigenvalue weighted by atomic mass is 10.1. The summed E-state index contributed by atoms with van der Waals surface area (Å²) in [5.74, 6) is 0.510. The number of carboxylic acid groups (broad SMARTS) is 1. The molecular weight excluding hydrogens is 421 g/mol. The molecule has 0 aromatic heterocycles. The zero-order valence-corrected chi connectivity index (χ0v) is 17.2. The second kappa shape index (κ2) is 10.0. The lowest BCUT2D eigenvalue weighted by Gasteiger charge is -2.13. The van der Waals surface area contributed by atoms with E-state index in [9.17, 15) is 18.0 Å². The minimum absolute atomic E-state index is 0.108. The van der Waals surface area contributed by atoms with Gasteiger partial charge >= 0.3 is 12.1 Å². The Balaban J connectivity index is 1.66. The van der Waals surface area contributed by atoms with Crippen LogP contribution >= 0.6 is 0 Å². The Bertz CT molecular complexity index is 1100. The molecule has 166 valence electrons. The monoisotopic (exact) mass is 442 g/mol. The van der Waals surface area contributed by atoms with Crippen molar-refractivity contribution in [3.8, 4) is 17.2 Å². The van der Waals surface area contributed by atoms with Crippen LogP contribution in [0.4, 0.5) is 13.2 Å². The van der Waals surface area contributed by atoms with Gasteiger partial charge in [0.1, 0.15) is 12.4 Å². The van der Waals surface area contributed by atoms with E-state index in [2.05, 4.69) is 0 Å². The molecule has 0 aliphatic rings. The Morgan fingerprint density at radius 2 is 1.75 bits per heavy atom. The maximum atomic E-state index is 12.6. The summed E-state index contributed by atoms with van der Waals surface area (Å²) >= 11 is 0. The van der Waals surface area contributed by atoms with Crippen molar-refractivity contribution in [3.63, 3.8) is 0 Å². The first-order chi connectivity index (χ1) is 15.2. The number of ether oxygens (including phenoxy) is 2. The van der Waals surface area contributed by atoms with Gasteiger partial charge in [-0.2, -0.15) is 13.2 Å². The first-order valence-corrected chi connectivity index (χ1v) is 9.76. The molecule has 0 atom stereocenters. The van der Waals surface area contributed by atoms with Crippen LogP contribution < -0.4 is 9.47 Å². The van der Waals surface area contributed by atoms with Gasteiger partial charge in [-0.25, -0.2) is 0 Å². The fraction of sp³-hybridized carbons (Fsp3) is 0.160. The van der Waals surface area contributed by atoms with E-state index in [4.69, 9.17) is 14.6 Å². The zero-order valence-electron chi connectivity index (χ0n) is 17.2. The SMILES string of the molecule is Cc1ccc(Oc2cccc(CC(=O)O)c2)c(OC/C=C/c2ccc(C(F)(F)F)cc2)c1. The topological polar surface area (TPSA) is 55.8 Å². The number of hydrogen-bond acceptors (Lipinski definition) is 3. The molecule has 0 saturated heterocycles. The Kier molecular flexibility index (Phi) is 7.20. The Morgan fingerprint density at radius 3 is 2.44 bits per heavy atom. The highest BCUT2D eigenvalue weighted by atomic mass is 19.4. The number of halogens is 3. The normalized spacial score (nSPS) is 11.5. The molecular formula is C25H21F3O4. The third kappa shape index (κ3) is 6.63. The van der Waals surface area contributed by atoms with Gasteiger partial charge in [0.15, 0.2) is 11.5 Å². The maximum absolute atomic E-state index is 12.6. The minimum Gasteiger partial charge on any atom is -0.486 e. The standard InChI is InChI=1S/C25H21F3O4/c1-17-7-12-22(32-21-6-2-4-19(15-21)16-24(29)30)23(14-17)31-13-3-5-18-8-10-20(11-9-18)25(26,27)28/h2-12,14-15H,13,16H2,1H3,(H,29,30)/b5-3+. The van der Waals surface area contributed by atoms with E-state index in [0.29, 0.717) is 28.4 Å². The van der Waals surface area contributed by atoms with Gasteiger partial charge < -0.3 is 14.6 Å². The van der Waals surface area contributed by atoms with Crippen molar-refractivity contribution in [2.24, 2.45) is 0 Å². The first-order valence-electron chi connectivity index (χ1n) is 9.76. The molecule has 0 aliphatic heterocycles. The van der Waals surface area contributed by atoms with E-state index in [-0.39, 0.29) is 13.0 Å². The lowest BCUT2D eigenvalue weighted by molar-refractivity contribution is -0.138. The molecule has 3 aromatic rings. The summed E-state index contributed by atoms with van der Waals surface area (Å²) in [6.07, 6.45) is -1.10. The summed E-state index contributed by atoms with van der Waals surface area (Å²) in [5, 5.41) is 8.96. The van der Waals surface area contributed by atoms with Crippen LogP contribution in [-0.4, -0.2) is 17.7 Å². The van der Waals surface area contributed by atoms with E-state index >= 15 is 0 Å². The number of carbonyl (C=O) groups is 1. The van der Waals surface area contributed by atoms with Gasteiger partial charge in [-0.1, -0.05) is 36.4 Å². The molecule has 32 heavy (non-hydrogen) atoms. The third-order valence-corrected chi connectivity index (χ3v) is 4.46. The van der Waals surface area contributed by atoms with Crippen molar-refractivity contribution in [3.05, 3.63) is 95.1 Å². The predicted octanol–water partition coefficient (Wildman–Crippen LogP) is 6.53. The zero-order chi connectivity index (χ0) is 23.1. The molecule has 3 aromatic carbocycles. The number of carboxylic acids is 1. The average Bonchev–Trinajstić information content (AvgIpc) is 2.72. The predicted molar refractivity (Wildman–Crippen MR) is 115 cm³/mol. The van der Waals surface area contributed by atoms with Crippen molar-refractivity contribution in [2.45, 2.75) is 19.5 Å². The van der Waals surface area contributed by atoms with E-state index in [0.717, 1.165) is 17.7 Å². The fourth-order valence-corrected chi connectivity index (χ4v) is 2.94. The Labute approximate surface area is 183 Å². The van der Waals surface area contributed by atoms with Gasteiger partial charge in [0.05, 0.1) is 12.0 Å². The number of alkyl halides is 3. The average molecular weight is 442 g/mol. The van der Waals surface area contributed by atoms with Crippen LogP contribution in [0.25, 0.3) is 6.08 Å². The molecule has 1 N–H and O–H groups in total. The van der Waals surface area contributed by atoms with Crippen molar-refractivity contribution < 1.29 is 32.5 Å². The highest BCUT2D eigenvalue weighted by molar-refractivity contribution is 5.70. The molecule has 0 heterocycles. The van der Waals surface area contributed by atoms with Crippen LogP contribution in [0.2, 0.25) is 0 Å². The summed E-state index contributed by atoms with van der Waals surface area (Å²) in [4.78, 5) is 10.9. The van der Waals surface area contributed by atoms with Crippen molar-refractivity contribution in [1.29, 1.82) is 0 Å². The van der Waals surface area contributed by atoms with Crippen molar-refractivity contribution in [1.82, 2.24) is 0 Å². The number of hydrogen-bond donors (Lipinski definition) is 1. The molecule has 0 fully saturated rings. The number of aliphatic carboxylic acids is 1. The Hall–Kier alpha value is -3.74. The summed E-state index contributed by atoms with van der Waals surface area (Å²) in [6, 6.07) is 17.1. The third-order valence-electron chi connectivity index (χ3n) is 4.46. The van der Waals surface area contributed by atoms with Gasteiger partial charge in [-0.15, -0.1) is 0 Å². The molecule has 0 unspecified atom stereocenters. The largest absolute Gasteiger partial charge is 0.486 e. The smallest absolute Gasteiger partial charge is 0.416 e. The van der Waals surface area contributed by atoms with Crippen LogP contribution in [0.5, 0.6) is 17.2 Å². The van der Waals surface area contributed by atoms with Crippen LogP contribution in [0.3, 0.4) is 0 Å². The highest BCUT2D eigenvalue weighted by Crippen LogP contribution is 2.33. The quantitative estimate of drug-likeness (QED) is 0.431. The van der Waals surface area contributed by atoms with E-state index in [1.165, 1.54) is 12.1 Å². The minimum atomic E-state index is -4.36. The molecule has 0 spiro atoms. The second-order valence-electron chi connectivity index (χ2n) is 7.10. The van der Waals surface area contributed by atoms with Gasteiger partial charge in [0, 0.05) is 0 Å². The van der Waals surface area contributed by atoms with Gasteiger partial charge in [-0.05, 0) is 66.1 Å². The molecule has 0 amide bonds. The highest BCUT2D eigenvalue weighted by Gasteiger charge is 2.29. The van der Waals surface area contributed by atoms with Gasteiger partial charge in [0.25, 0.3) is 0 Å². The van der Waals surface area contributed by atoms with Crippen LogP contribution in [0.1, 0.15) is 22.3 Å². The molecule has 3 rings (SSSR count). The lowest BCUT2D eigenvalue weighted by Crippen LogP contribution is -2.04. The fourth-order valence-electron chi connectivity index (χ4n) is 2.94. The van der Waals surface area contributed by atoms with E-state index < -0.39 is 17.7 Å². The van der Waals surface area contributed by atoms with Crippen LogP contribution in [-0.2, 0) is 17.4 Å². The van der Waals surface area contributed by atoms with E-state index in [1.54, 1.807) is 42.5 Å². The van der Waals surface area contributed by atoms with Crippen molar-refractivity contribution >= 4 is 12.0 Å². The molecule has 7 heteroatoms. The van der Waals surface area contributed by atoms with Gasteiger partial charge in [-0.3, -0.25) is 4.79 Å². The summed E-state index contributed by atoms with van der Waals surface area (Å²) in [6.45, 7) is 2.09. The summed E-state index contributed by atoms with van der Waals surface area (Å²) in [5.41, 5.74) is 1.50. The molecule has 0 bridgehead atoms. The first kappa shape index (κ1) is 22.9. The number of aryl methyl sites for hydroxylation is 1. The van der Waals surface area contributed by atoms with E-state index in [1.807, 2.05) is 19.1 Å². The van der Waals surface area contributed by atoms with Crippen molar-refractivity contribution in [2.75, 3.05) is 6.61 Å². The maximum Gasteiger partial charge on any atom is 0.416 e. The van der Waals surface area contributed by atoms with Crippen LogP contribution in [0, 0.1) is 6.92 Å². The number of benzene rings is 3. The number of rotatable bonds is 8. The van der Waals surface area contributed by atoms with Crippen LogP contribution in [0.15, 0.2) is 72.8 Å².